The molecule has 0 unspecified atom stereocenters. The molecule has 0 aliphatic heterocycles. The number of thiophene rings is 1. The average molecular weight is 489 g/mol. The maximum atomic E-state index is 14.0. The fourth-order valence-corrected chi connectivity index (χ4v) is 4.04. The zero-order valence-corrected chi connectivity index (χ0v) is 17.7. The lowest BCUT2D eigenvalue weighted by molar-refractivity contribution is -0.116. The van der Waals surface area contributed by atoms with E-state index in [1.807, 2.05) is 17.5 Å². The van der Waals surface area contributed by atoms with Gasteiger partial charge in [0.2, 0.25) is 5.91 Å². The highest BCUT2D eigenvalue weighted by atomic mass is 79.9. The Morgan fingerprint density at radius 1 is 1.17 bits per heavy atom. The molecule has 0 atom stereocenters. The van der Waals surface area contributed by atoms with Crippen LogP contribution in [0.25, 0.3) is 11.0 Å². The zero-order chi connectivity index (χ0) is 21.3. The fraction of sp³-hybridized carbons (Fsp3) is 0.100. The Labute approximate surface area is 181 Å². The van der Waals surface area contributed by atoms with Gasteiger partial charge in [0, 0.05) is 15.5 Å². The van der Waals surface area contributed by atoms with Crippen LogP contribution in [0.15, 0.2) is 68.1 Å². The van der Waals surface area contributed by atoms with E-state index >= 15 is 0 Å². The monoisotopic (exact) mass is 488 g/mol. The molecular formula is C20H14BrFN4O3S. The second-order valence-corrected chi connectivity index (χ2v) is 8.33. The molecule has 3 aromatic heterocycles. The third-order valence-corrected chi connectivity index (χ3v) is 5.74. The lowest BCUT2D eigenvalue weighted by Gasteiger charge is -2.13. The van der Waals surface area contributed by atoms with Crippen molar-refractivity contribution in [3.05, 3.63) is 90.0 Å². The Morgan fingerprint density at radius 3 is 2.73 bits per heavy atom. The van der Waals surface area contributed by atoms with Crippen molar-refractivity contribution in [3.63, 3.8) is 0 Å². The van der Waals surface area contributed by atoms with Crippen LogP contribution < -0.4 is 16.6 Å². The molecular weight excluding hydrogens is 475 g/mol. The number of carbonyl (C=O) groups excluding carboxylic acids is 1. The number of benzene rings is 1. The number of nitrogens with zero attached hydrogens (tertiary/aromatic N) is 3. The number of rotatable bonds is 5. The van der Waals surface area contributed by atoms with Crippen molar-refractivity contribution in [3.8, 4) is 0 Å². The van der Waals surface area contributed by atoms with E-state index in [0.29, 0.717) is 4.47 Å². The van der Waals surface area contributed by atoms with Gasteiger partial charge in [0.15, 0.2) is 5.52 Å². The minimum atomic E-state index is -0.639. The number of aromatic nitrogens is 3. The van der Waals surface area contributed by atoms with Crippen LogP contribution in [-0.2, 0) is 17.9 Å². The summed E-state index contributed by atoms with van der Waals surface area (Å²) in [6, 6.07) is 11.0. The van der Waals surface area contributed by atoms with E-state index in [9.17, 15) is 18.8 Å². The number of pyridine rings is 1. The molecule has 0 aliphatic carbocycles. The third kappa shape index (κ3) is 3.96. The maximum absolute atomic E-state index is 14.0. The van der Waals surface area contributed by atoms with E-state index in [2.05, 4.69) is 26.2 Å². The van der Waals surface area contributed by atoms with Gasteiger partial charge in [-0.1, -0.05) is 22.0 Å². The van der Waals surface area contributed by atoms with Gasteiger partial charge in [-0.3, -0.25) is 18.7 Å². The highest BCUT2D eigenvalue weighted by Gasteiger charge is 2.17. The first-order chi connectivity index (χ1) is 14.4. The molecule has 1 aromatic carbocycles. The first kappa shape index (κ1) is 20.2. The van der Waals surface area contributed by atoms with Crippen LogP contribution in [0.3, 0.4) is 0 Å². The zero-order valence-electron chi connectivity index (χ0n) is 15.3. The van der Waals surface area contributed by atoms with Gasteiger partial charge in [0.1, 0.15) is 12.4 Å². The molecule has 0 saturated carbocycles. The Morgan fingerprint density at radius 2 is 2.00 bits per heavy atom. The molecule has 0 saturated heterocycles. The summed E-state index contributed by atoms with van der Waals surface area (Å²) >= 11 is 4.57. The quantitative estimate of drug-likeness (QED) is 0.467. The van der Waals surface area contributed by atoms with Crippen molar-refractivity contribution in [1.82, 2.24) is 14.1 Å². The summed E-state index contributed by atoms with van der Waals surface area (Å²) < 4.78 is 16.8. The minimum absolute atomic E-state index is 0.00872. The van der Waals surface area contributed by atoms with Gasteiger partial charge in [-0.25, -0.2) is 14.2 Å². The van der Waals surface area contributed by atoms with Crippen molar-refractivity contribution in [2.45, 2.75) is 13.1 Å². The summed E-state index contributed by atoms with van der Waals surface area (Å²) in [6.45, 7) is -0.327. The minimum Gasteiger partial charge on any atom is -0.322 e. The number of nitrogens with one attached hydrogen (secondary N) is 1. The normalized spacial score (nSPS) is 11.0. The van der Waals surface area contributed by atoms with Crippen LogP contribution in [0.2, 0.25) is 0 Å². The molecule has 1 N–H and O–H groups in total. The lowest BCUT2D eigenvalue weighted by Crippen LogP contribution is -2.42. The van der Waals surface area contributed by atoms with Gasteiger partial charge in [-0.05, 0) is 41.8 Å². The number of hydrogen-bond donors (Lipinski definition) is 1. The molecule has 1 amide bonds. The summed E-state index contributed by atoms with van der Waals surface area (Å²) in [5, 5.41) is 4.30. The Balaban J connectivity index is 1.75. The van der Waals surface area contributed by atoms with Gasteiger partial charge < -0.3 is 5.32 Å². The molecule has 0 aliphatic rings. The topological polar surface area (TPSA) is 86.0 Å². The Bertz CT molecular complexity index is 1360. The molecule has 3 heterocycles. The molecule has 152 valence electrons. The van der Waals surface area contributed by atoms with Crippen molar-refractivity contribution in [1.29, 1.82) is 0 Å². The van der Waals surface area contributed by atoms with Gasteiger partial charge in [-0.15, -0.1) is 11.3 Å². The molecule has 4 rings (SSSR count). The highest BCUT2D eigenvalue weighted by Crippen LogP contribution is 2.19. The van der Waals surface area contributed by atoms with Gasteiger partial charge in [-0.2, -0.15) is 0 Å². The van der Waals surface area contributed by atoms with E-state index in [1.54, 1.807) is 18.2 Å². The fourth-order valence-electron chi connectivity index (χ4n) is 3.02. The molecule has 4 aromatic rings. The SMILES string of the molecule is O=C(Cn1c(=O)n(Cc2cccs2)c(=O)c2ncccc21)Nc1ccc(Br)cc1F. The molecule has 0 bridgehead atoms. The predicted octanol–water partition coefficient (Wildman–Crippen LogP) is 3.21. The van der Waals surface area contributed by atoms with Gasteiger partial charge in [0.05, 0.1) is 17.7 Å². The predicted molar refractivity (Wildman–Crippen MR) is 116 cm³/mol. The van der Waals surface area contributed by atoms with Crippen LogP contribution in [0.4, 0.5) is 10.1 Å². The standard InChI is InChI=1S/C20H14BrFN4O3S/c21-12-5-6-15(14(22)9-12)24-17(27)11-25-16-4-1-7-23-18(16)19(28)26(20(25)29)10-13-3-2-8-30-13/h1-9H,10-11H2,(H,24,27). The van der Waals surface area contributed by atoms with Crippen LogP contribution >= 0.6 is 27.3 Å². The molecule has 0 spiro atoms. The third-order valence-electron chi connectivity index (χ3n) is 4.39. The average Bonchev–Trinajstić information content (AvgIpc) is 3.24. The lowest BCUT2D eigenvalue weighted by atomic mass is 10.3. The molecule has 30 heavy (non-hydrogen) atoms. The summed E-state index contributed by atoms with van der Waals surface area (Å²) in [5.74, 6) is -1.22. The van der Waals surface area contributed by atoms with Gasteiger partial charge in [0.25, 0.3) is 5.56 Å². The highest BCUT2D eigenvalue weighted by molar-refractivity contribution is 9.10. The number of anilines is 1. The van der Waals surface area contributed by atoms with Crippen molar-refractivity contribution < 1.29 is 9.18 Å². The molecule has 7 nitrogen and oxygen atoms in total. The Kier molecular flexibility index (Phi) is 5.60. The van der Waals surface area contributed by atoms with E-state index in [1.165, 1.54) is 34.2 Å². The van der Waals surface area contributed by atoms with Crippen LogP contribution in [0.5, 0.6) is 0 Å². The smallest absolute Gasteiger partial charge is 0.322 e. The van der Waals surface area contributed by atoms with Crippen LogP contribution in [0, 0.1) is 5.82 Å². The number of carbonyl (C=O) groups is 1. The summed E-state index contributed by atoms with van der Waals surface area (Å²) in [6.07, 6.45) is 1.45. The molecule has 10 heteroatoms. The molecule has 0 radical (unpaired) electrons. The van der Waals surface area contributed by atoms with Crippen molar-refractivity contribution >= 4 is 49.9 Å². The first-order valence-electron chi connectivity index (χ1n) is 8.79. The van der Waals surface area contributed by atoms with Crippen LogP contribution in [-0.4, -0.2) is 20.0 Å². The van der Waals surface area contributed by atoms with Crippen molar-refractivity contribution in [2.75, 3.05) is 5.32 Å². The number of hydrogen-bond acceptors (Lipinski definition) is 5. The van der Waals surface area contributed by atoms with E-state index in [4.69, 9.17) is 0 Å². The summed E-state index contributed by atoms with van der Waals surface area (Å²) in [7, 11) is 0. The van der Waals surface area contributed by atoms with E-state index in [0.717, 1.165) is 9.44 Å². The van der Waals surface area contributed by atoms with E-state index < -0.39 is 29.5 Å². The Hall–Kier alpha value is -3.11. The maximum Gasteiger partial charge on any atom is 0.332 e. The first-order valence-corrected chi connectivity index (χ1v) is 10.5. The summed E-state index contributed by atoms with van der Waals surface area (Å²) in [5.41, 5.74) is -0.858. The second kappa shape index (κ2) is 8.33. The van der Waals surface area contributed by atoms with Gasteiger partial charge >= 0.3 is 5.69 Å². The second-order valence-electron chi connectivity index (χ2n) is 6.38. The summed E-state index contributed by atoms with van der Waals surface area (Å²) in [4.78, 5) is 43.4. The largest absolute Gasteiger partial charge is 0.332 e. The van der Waals surface area contributed by atoms with Crippen LogP contribution in [0.1, 0.15) is 4.88 Å². The van der Waals surface area contributed by atoms with E-state index in [-0.39, 0.29) is 23.3 Å². The number of fused-ring (bicyclic) bond motifs is 1. The van der Waals surface area contributed by atoms with Crippen molar-refractivity contribution in [2.24, 2.45) is 0 Å². The number of halogens is 2. The number of amides is 1. The molecule has 0 fully saturated rings.